The van der Waals surface area contributed by atoms with Crippen LogP contribution in [0.2, 0.25) is 5.02 Å². The fourth-order valence-corrected chi connectivity index (χ4v) is 4.73. The van der Waals surface area contributed by atoms with E-state index in [1.165, 1.54) is 43.8 Å². The third kappa shape index (κ3) is 5.05. The van der Waals surface area contributed by atoms with Crippen molar-refractivity contribution in [1.82, 2.24) is 14.9 Å². The van der Waals surface area contributed by atoms with E-state index in [-0.39, 0.29) is 22.2 Å². The Morgan fingerprint density at radius 2 is 1.91 bits per heavy atom. The van der Waals surface area contributed by atoms with Gasteiger partial charge in [-0.15, -0.1) is 0 Å². The first-order valence-corrected chi connectivity index (χ1v) is 12.2. The van der Waals surface area contributed by atoms with Crippen molar-refractivity contribution in [1.29, 1.82) is 5.41 Å². The topological polar surface area (TPSA) is 112 Å². The summed E-state index contributed by atoms with van der Waals surface area (Å²) in [5.41, 5.74) is 0.802. The van der Waals surface area contributed by atoms with E-state index >= 15 is 0 Å². The smallest absolute Gasteiger partial charge is 0.279 e. The van der Waals surface area contributed by atoms with Gasteiger partial charge in [0, 0.05) is 37.4 Å². The Balaban J connectivity index is 1.48. The number of pyridine rings is 2. The highest BCUT2D eigenvalue weighted by atomic mass is 35.5. The molecule has 3 heterocycles. The number of benzene rings is 1. The molecule has 2 N–H and O–H groups in total. The molecule has 1 saturated heterocycles. The monoisotopic (exact) mass is 504 g/mol. The third-order valence-corrected chi connectivity index (χ3v) is 6.86. The molecule has 1 aliphatic heterocycles. The van der Waals surface area contributed by atoms with Gasteiger partial charge >= 0.3 is 0 Å². The van der Waals surface area contributed by atoms with Crippen LogP contribution in [0.3, 0.4) is 0 Å². The number of rotatable bonds is 6. The van der Waals surface area contributed by atoms with Gasteiger partial charge in [0.2, 0.25) is 0 Å². The molecule has 0 saturated carbocycles. The van der Waals surface area contributed by atoms with Gasteiger partial charge in [0.1, 0.15) is 23.1 Å². The largest absolute Gasteiger partial charge is 0.495 e. The fraction of sp³-hybridized carbons (Fsp3) is 0.227. The number of nitrogens with one attached hydrogen (secondary N) is 2. The molecule has 0 radical (unpaired) electrons. The van der Waals surface area contributed by atoms with E-state index in [1.54, 1.807) is 23.1 Å². The molecule has 0 bridgehead atoms. The van der Waals surface area contributed by atoms with Crippen molar-refractivity contribution in [2.75, 3.05) is 42.9 Å². The van der Waals surface area contributed by atoms with Crippen LogP contribution < -0.4 is 14.4 Å². The Kier molecular flexibility index (Phi) is 6.85. The number of nitrogens with zero attached hydrogens (tertiary/aromatic N) is 4. The summed E-state index contributed by atoms with van der Waals surface area (Å²) >= 11 is 5.84. The number of hydrogen-bond donors (Lipinski definition) is 2. The minimum atomic E-state index is -4.01. The first-order chi connectivity index (χ1) is 16.3. The van der Waals surface area contributed by atoms with Gasteiger partial charge in [-0.1, -0.05) is 11.6 Å². The summed E-state index contributed by atoms with van der Waals surface area (Å²) in [5, 5.41) is 8.80. The summed E-state index contributed by atoms with van der Waals surface area (Å²) < 4.78 is 47.4. The first kappa shape index (κ1) is 23.7. The maximum Gasteiger partial charge on any atom is 0.279 e. The Labute approximate surface area is 201 Å². The van der Waals surface area contributed by atoms with Crippen molar-refractivity contribution in [2.45, 2.75) is 5.03 Å². The molecule has 1 aromatic carbocycles. The van der Waals surface area contributed by atoms with Crippen molar-refractivity contribution in [3.63, 3.8) is 0 Å². The van der Waals surface area contributed by atoms with Crippen LogP contribution in [0.25, 0.3) is 0 Å². The number of methoxy groups -OCH3 is 1. The van der Waals surface area contributed by atoms with Gasteiger partial charge in [-0.05, 0) is 42.5 Å². The highest BCUT2D eigenvalue weighted by Gasteiger charge is 2.25. The van der Waals surface area contributed by atoms with Crippen molar-refractivity contribution in [3.8, 4) is 5.75 Å². The molecule has 9 nitrogen and oxygen atoms in total. The van der Waals surface area contributed by atoms with Crippen LogP contribution in [0.15, 0.2) is 59.9 Å². The predicted octanol–water partition coefficient (Wildman–Crippen LogP) is 3.23. The minimum Gasteiger partial charge on any atom is -0.495 e. The molecule has 0 spiro atoms. The van der Waals surface area contributed by atoms with Gasteiger partial charge in [0.05, 0.1) is 24.7 Å². The predicted molar refractivity (Wildman–Crippen MR) is 128 cm³/mol. The van der Waals surface area contributed by atoms with Crippen molar-refractivity contribution >= 4 is 38.8 Å². The minimum absolute atomic E-state index is 0.0669. The average molecular weight is 505 g/mol. The number of sulfonamides is 1. The molecule has 12 heteroatoms. The van der Waals surface area contributed by atoms with Crippen LogP contribution in [0.1, 0.15) is 5.69 Å². The maximum absolute atomic E-state index is 14.3. The van der Waals surface area contributed by atoms with E-state index in [0.29, 0.717) is 42.6 Å². The second-order valence-electron chi connectivity index (χ2n) is 7.46. The molecule has 178 valence electrons. The van der Waals surface area contributed by atoms with Crippen LogP contribution in [0, 0.1) is 11.2 Å². The SMILES string of the molecule is COc1ccc(S(=O)(=O)Nc2cccnc2C(=N)N2CCN(c3ccc(Cl)cc3F)CC2)nc1. The lowest BCUT2D eigenvalue weighted by Crippen LogP contribution is -2.49. The molecule has 0 unspecified atom stereocenters. The van der Waals surface area contributed by atoms with Crippen LogP contribution in [0.5, 0.6) is 5.75 Å². The van der Waals surface area contributed by atoms with E-state index in [4.69, 9.17) is 21.7 Å². The molecule has 2 aromatic heterocycles. The van der Waals surface area contributed by atoms with E-state index in [2.05, 4.69) is 14.7 Å². The molecule has 4 rings (SSSR count). The zero-order valence-corrected chi connectivity index (χ0v) is 19.8. The third-order valence-electron chi connectivity index (χ3n) is 5.34. The lowest BCUT2D eigenvalue weighted by molar-refractivity contribution is 0.381. The quantitative estimate of drug-likeness (QED) is 0.391. The molecular weight excluding hydrogens is 483 g/mol. The Bertz CT molecular complexity index is 1300. The molecule has 0 amide bonds. The first-order valence-electron chi connectivity index (χ1n) is 10.3. The molecule has 34 heavy (non-hydrogen) atoms. The van der Waals surface area contributed by atoms with E-state index < -0.39 is 15.8 Å². The van der Waals surface area contributed by atoms with Crippen molar-refractivity contribution in [3.05, 3.63) is 71.4 Å². The lowest BCUT2D eigenvalue weighted by atomic mass is 10.2. The average Bonchev–Trinajstić information content (AvgIpc) is 2.84. The van der Waals surface area contributed by atoms with E-state index in [0.717, 1.165) is 0 Å². The van der Waals surface area contributed by atoms with Crippen LogP contribution in [0.4, 0.5) is 15.8 Å². The summed E-state index contributed by atoms with van der Waals surface area (Å²) in [7, 11) is -2.55. The van der Waals surface area contributed by atoms with Crippen LogP contribution in [-0.2, 0) is 10.0 Å². The molecule has 0 aliphatic carbocycles. The Hall–Kier alpha value is -3.44. The number of piperazine rings is 1. The molecule has 1 fully saturated rings. The second kappa shape index (κ2) is 9.82. The van der Waals surface area contributed by atoms with Crippen LogP contribution in [-0.4, -0.2) is 62.4 Å². The number of amidine groups is 1. The van der Waals surface area contributed by atoms with E-state index in [1.807, 2.05) is 4.90 Å². The summed E-state index contributed by atoms with van der Waals surface area (Å²) in [5.74, 6) is 0.0993. The molecule has 1 aliphatic rings. The summed E-state index contributed by atoms with van der Waals surface area (Å²) in [4.78, 5) is 11.8. The Morgan fingerprint density at radius 3 is 2.56 bits per heavy atom. The van der Waals surface area contributed by atoms with Crippen molar-refractivity contribution < 1.29 is 17.5 Å². The summed E-state index contributed by atoms with van der Waals surface area (Å²) in [6.07, 6.45) is 2.80. The molecule has 3 aromatic rings. The highest BCUT2D eigenvalue weighted by molar-refractivity contribution is 7.92. The second-order valence-corrected chi connectivity index (χ2v) is 9.53. The van der Waals surface area contributed by atoms with Gasteiger partial charge < -0.3 is 14.5 Å². The van der Waals surface area contributed by atoms with Gasteiger partial charge in [0.25, 0.3) is 10.0 Å². The van der Waals surface area contributed by atoms with Crippen molar-refractivity contribution in [2.24, 2.45) is 0 Å². The van der Waals surface area contributed by atoms with E-state index in [9.17, 15) is 12.8 Å². The zero-order valence-electron chi connectivity index (χ0n) is 18.2. The number of aromatic nitrogens is 2. The zero-order chi connectivity index (χ0) is 24.3. The van der Waals surface area contributed by atoms with Gasteiger partial charge in [0.15, 0.2) is 5.03 Å². The summed E-state index contributed by atoms with van der Waals surface area (Å²) in [6.45, 7) is 1.82. The normalized spacial score (nSPS) is 14.1. The lowest BCUT2D eigenvalue weighted by Gasteiger charge is -2.37. The van der Waals surface area contributed by atoms with Gasteiger partial charge in [-0.3, -0.25) is 15.1 Å². The molecule has 0 atom stereocenters. The summed E-state index contributed by atoms with van der Waals surface area (Å²) in [6, 6.07) is 10.5. The number of hydrogen-bond acceptors (Lipinski definition) is 7. The fourth-order valence-electron chi connectivity index (χ4n) is 3.58. The van der Waals surface area contributed by atoms with Gasteiger partial charge in [-0.25, -0.2) is 9.37 Å². The standard InChI is InChI=1S/C22H22ClFN6O3S/c1-33-16-5-7-20(27-14-16)34(31,32)28-18-3-2-8-26-21(18)22(25)30-11-9-29(10-12-30)19-6-4-15(23)13-17(19)24/h2-8,13-14,25,28H,9-12H2,1H3. The number of halogens is 2. The Morgan fingerprint density at radius 1 is 1.15 bits per heavy atom. The number of anilines is 2. The van der Waals surface area contributed by atoms with Gasteiger partial charge in [-0.2, -0.15) is 8.42 Å². The van der Waals surface area contributed by atoms with Crippen LogP contribution >= 0.6 is 11.6 Å². The number of ether oxygens (including phenoxy) is 1. The molecular formula is C22H22ClFN6O3S. The highest BCUT2D eigenvalue weighted by Crippen LogP contribution is 2.25. The maximum atomic E-state index is 14.3.